The van der Waals surface area contributed by atoms with E-state index in [9.17, 15) is 0 Å². The van der Waals surface area contributed by atoms with Gasteiger partial charge in [0.05, 0.1) is 0 Å². The molecule has 0 atom stereocenters. The first-order valence-electron chi connectivity index (χ1n) is 2.27. The predicted octanol–water partition coefficient (Wildman–Crippen LogP) is 2.47. The summed E-state index contributed by atoms with van der Waals surface area (Å²) in [5.41, 5.74) is 0. The molecule has 0 rings (SSSR count). The summed E-state index contributed by atoms with van der Waals surface area (Å²) in [4.78, 5) is 0. The Kier molecular flexibility index (Phi) is 21.4. The summed E-state index contributed by atoms with van der Waals surface area (Å²) in [6.45, 7) is 7.78. The first-order valence-corrected chi connectivity index (χ1v) is 2.27. The molecule has 0 aliphatic rings. The van der Waals surface area contributed by atoms with Crippen molar-refractivity contribution in [3.63, 3.8) is 0 Å². The fourth-order valence-electron chi connectivity index (χ4n) is 0.289. The van der Waals surface area contributed by atoms with E-state index in [1.807, 2.05) is 0 Å². The van der Waals surface area contributed by atoms with Gasteiger partial charge in [0.1, 0.15) is 0 Å². The third-order valence-electron chi connectivity index (χ3n) is 0.553. The zero-order chi connectivity index (χ0) is 4.99. The molecule has 0 spiro atoms. The van der Waals surface area contributed by atoms with Gasteiger partial charge in [0, 0.05) is 32.7 Å². The van der Waals surface area contributed by atoms with Crippen molar-refractivity contribution in [2.24, 2.45) is 5.92 Å². The first kappa shape index (κ1) is 15.9. The average Bonchev–Trinajstić information content (AvgIpc) is 1.35. The molecule has 0 N–H and O–H groups in total. The van der Waals surface area contributed by atoms with E-state index in [0.29, 0.717) is 0 Å². The Bertz CT molecular complexity index is 39.7. The van der Waals surface area contributed by atoms with Crippen LogP contribution in [0.4, 0.5) is 0 Å². The molecule has 47 valence electrons. The second kappa shape index (κ2) is 10.8. The molecule has 0 aromatic rings. The smallest absolute Gasteiger partial charge is 0 e. The Morgan fingerprint density at radius 1 is 1.50 bits per heavy atom. The molecule has 0 aliphatic heterocycles. The molecule has 8 heavy (non-hydrogen) atoms. The van der Waals surface area contributed by atoms with E-state index in [1.54, 1.807) is 0 Å². The van der Waals surface area contributed by atoms with Crippen molar-refractivity contribution in [1.82, 2.24) is 0 Å². The molecule has 0 nitrogen and oxygen atoms in total. The van der Waals surface area contributed by atoms with Crippen molar-refractivity contribution in [1.29, 1.82) is 0 Å². The van der Waals surface area contributed by atoms with E-state index in [4.69, 9.17) is 0 Å². The minimum atomic E-state index is 0. The Hall–Kier alpha value is 0.844. The van der Waals surface area contributed by atoms with E-state index in [2.05, 4.69) is 26.5 Å². The van der Waals surface area contributed by atoms with Crippen LogP contribution in [-0.2, 0) is 32.7 Å². The van der Waals surface area contributed by atoms with Crippen LogP contribution in [-0.4, -0.2) is 0 Å². The third kappa shape index (κ3) is 15.8. The van der Waals surface area contributed by atoms with Crippen LogP contribution >= 0.6 is 0 Å². The van der Waals surface area contributed by atoms with Gasteiger partial charge in [-0.15, -0.1) is 0 Å². The van der Waals surface area contributed by atoms with E-state index >= 15 is 0 Å². The van der Waals surface area contributed by atoms with Gasteiger partial charge in [0.2, 0.25) is 0 Å². The number of hydrogen-bond donors (Lipinski definition) is 0. The molecule has 0 saturated carbocycles. The molecule has 0 aliphatic carbocycles. The molecule has 1 heteroatoms. The van der Waals surface area contributed by atoms with Gasteiger partial charge >= 0.3 is 0 Å². The van der Waals surface area contributed by atoms with E-state index in [1.165, 1.54) is 0 Å². The average molecular weight is 187 g/mol. The van der Waals surface area contributed by atoms with Gasteiger partial charge in [-0.2, -0.15) is 6.42 Å². The summed E-state index contributed by atoms with van der Waals surface area (Å²) >= 11 is 0. The molecular weight excluding hydrogens is 173 g/mol. The summed E-state index contributed by atoms with van der Waals surface area (Å²) in [5, 5.41) is 0. The molecule has 0 amide bonds. The predicted molar refractivity (Wildman–Crippen MR) is 34.7 cm³/mol. The second-order valence-electron chi connectivity index (χ2n) is 1.85. The Morgan fingerprint density at radius 3 is 1.88 bits per heavy atom. The molecule has 0 bridgehead atoms. The number of allylic oxidation sites excluding steroid dienone is 1. The molecule has 0 heterocycles. The Morgan fingerprint density at radius 2 is 1.88 bits per heavy atom. The van der Waals surface area contributed by atoms with Crippen LogP contribution in [0.25, 0.3) is 0 Å². The normalized spacial score (nSPS) is 6.88. The van der Waals surface area contributed by atoms with Gasteiger partial charge in [0.15, 0.2) is 0 Å². The third-order valence-corrected chi connectivity index (χ3v) is 0.553. The zero-order valence-corrected chi connectivity index (χ0v) is 8.91. The van der Waals surface area contributed by atoms with Gasteiger partial charge in [0.25, 0.3) is 0 Å². The van der Waals surface area contributed by atoms with Gasteiger partial charge < -0.3 is 13.5 Å². The van der Waals surface area contributed by atoms with Crippen LogP contribution in [0.2, 0.25) is 0 Å². The van der Waals surface area contributed by atoms with Gasteiger partial charge in [-0.25, -0.2) is 0 Å². The van der Waals surface area contributed by atoms with Crippen LogP contribution in [0.5, 0.6) is 0 Å². The standard InChI is InChI=1S/C6H11.CH3.Y/c1-4-5-6(2)3;;/h6H,1,5H2,2-3H3;1H3;/q2*-1;. The maximum Gasteiger partial charge on any atom is 0 e. The van der Waals surface area contributed by atoms with Gasteiger partial charge in [-0.3, -0.25) is 6.58 Å². The molecule has 0 unspecified atom stereocenters. The van der Waals surface area contributed by atoms with Gasteiger partial charge in [-0.05, 0) is 0 Å². The van der Waals surface area contributed by atoms with Gasteiger partial charge in [-0.1, -0.05) is 19.8 Å². The maximum absolute atomic E-state index is 3.48. The fraction of sp³-hybridized carbons (Fsp3) is 0.571. The van der Waals surface area contributed by atoms with Crippen LogP contribution in [0.3, 0.4) is 0 Å². The SMILES string of the molecule is C=[C-]CC(C)C.[CH3-].[Y]. The van der Waals surface area contributed by atoms with Crippen molar-refractivity contribution in [3.05, 3.63) is 20.1 Å². The number of rotatable bonds is 2. The van der Waals surface area contributed by atoms with Crippen LogP contribution in [0.1, 0.15) is 20.3 Å². The number of hydrogen-bond acceptors (Lipinski definition) is 0. The molecule has 0 fully saturated rings. The topological polar surface area (TPSA) is 0 Å². The van der Waals surface area contributed by atoms with E-state index in [0.717, 1.165) is 12.3 Å². The largest absolute Gasteiger partial charge is 0.504 e. The quantitative estimate of drug-likeness (QED) is 0.582. The molecule has 0 aromatic heterocycles. The Labute approximate surface area is 78.6 Å². The summed E-state index contributed by atoms with van der Waals surface area (Å²) < 4.78 is 0. The summed E-state index contributed by atoms with van der Waals surface area (Å²) in [6.07, 6.45) is 3.83. The summed E-state index contributed by atoms with van der Waals surface area (Å²) in [6, 6.07) is 0. The van der Waals surface area contributed by atoms with Crippen molar-refractivity contribution >= 4 is 0 Å². The first-order chi connectivity index (χ1) is 2.77. The van der Waals surface area contributed by atoms with E-state index in [-0.39, 0.29) is 40.1 Å². The zero-order valence-electron chi connectivity index (χ0n) is 6.07. The van der Waals surface area contributed by atoms with Crippen molar-refractivity contribution in [3.8, 4) is 0 Å². The second-order valence-corrected chi connectivity index (χ2v) is 1.85. The fourth-order valence-corrected chi connectivity index (χ4v) is 0.289. The molecule has 0 aromatic carbocycles. The van der Waals surface area contributed by atoms with Crippen molar-refractivity contribution < 1.29 is 32.7 Å². The molecular formula is C7H14Y-2. The van der Waals surface area contributed by atoms with E-state index < -0.39 is 0 Å². The minimum Gasteiger partial charge on any atom is -0.504 e. The minimum absolute atomic E-state index is 0. The van der Waals surface area contributed by atoms with Crippen molar-refractivity contribution in [2.75, 3.05) is 0 Å². The summed E-state index contributed by atoms with van der Waals surface area (Å²) in [7, 11) is 0. The molecule has 1 radical (unpaired) electrons. The summed E-state index contributed by atoms with van der Waals surface area (Å²) in [5.74, 6) is 0.725. The van der Waals surface area contributed by atoms with Crippen LogP contribution in [0.15, 0.2) is 6.58 Å². The van der Waals surface area contributed by atoms with Crippen LogP contribution in [0, 0.1) is 19.4 Å². The molecule has 0 saturated heterocycles. The van der Waals surface area contributed by atoms with Crippen molar-refractivity contribution in [2.45, 2.75) is 20.3 Å². The monoisotopic (exact) mass is 187 g/mol. The maximum atomic E-state index is 3.48. The Balaban J connectivity index is -0.000000125. The van der Waals surface area contributed by atoms with Crippen LogP contribution < -0.4 is 0 Å².